The van der Waals surface area contributed by atoms with Gasteiger partial charge in [0.05, 0.1) is 5.69 Å². The predicted octanol–water partition coefficient (Wildman–Crippen LogP) is 5.25. The molecule has 0 atom stereocenters. The number of terminal acetylenes is 1. The van der Waals surface area contributed by atoms with Crippen molar-refractivity contribution in [3.63, 3.8) is 0 Å². The second kappa shape index (κ2) is 11.0. The fourth-order valence-corrected chi connectivity index (χ4v) is 3.77. The first-order chi connectivity index (χ1) is 17.4. The van der Waals surface area contributed by atoms with Gasteiger partial charge in [0.1, 0.15) is 30.3 Å². The first kappa shape index (κ1) is 24.9. The van der Waals surface area contributed by atoms with Gasteiger partial charge in [0, 0.05) is 21.2 Å². The first-order valence-electron chi connectivity index (χ1n) is 10.6. The molecule has 36 heavy (non-hydrogen) atoms. The highest BCUT2D eigenvalue weighted by atomic mass is 35.5. The lowest BCUT2D eigenvalue weighted by atomic mass is 10.1. The number of nitrogens with zero attached hydrogens (tertiary/aromatic N) is 1. The maximum absolute atomic E-state index is 13.2. The molecule has 4 rings (SSSR count). The molecule has 4 amide bonds. The van der Waals surface area contributed by atoms with E-state index in [-0.39, 0.29) is 24.5 Å². The van der Waals surface area contributed by atoms with E-state index in [1.54, 1.807) is 30.3 Å². The molecule has 1 fully saturated rings. The molecule has 0 unspecified atom stereocenters. The van der Waals surface area contributed by atoms with Gasteiger partial charge >= 0.3 is 6.03 Å². The summed E-state index contributed by atoms with van der Waals surface area (Å²) < 4.78 is 11.2. The molecular weight excluding hydrogens is 503 g/mol. The average molecular weight is 521 g/mol. The summed E-state index contributed by atoms with van der Waals surface area (Å²) in [7, 11) is 0. The van der Waals surface area contributed by atoms with Gasteiger partial charge in [-0.2, -0.15) is 0 Å². The lowest BCUT2D eigenvalue weighted by molar-refractivity contribution is -0.122. The van der Waals surface area contributed by atoms with Crippen LogP contribution >= 0.6 is 23.2 Å². The molecule has 180 valence electrons. The third-order valence-electron chi connectivity index (χ3n) is 5.13. The van der Waals surface area contributed by atoms with Crippen molar-refractivity contribution in [3.05, 3.63) is 93.5 Å². The molecule has 0 aliphatic carbocycles. The number of amides is 4. The van der Waals surface area contributed by atoms with Crippen LogP contribution in [0, 0.1) is 12.3 Å². The Hall–Kier alpha value is -4.25. The number of rotatable bonds is 7. The second-order valence-corrected chi connectivity index (χ2v) is 8.35. The van der Waals surface area contributed by atoms with Gasteiger partial charge in [-0.25, -0.2) is 9.69 Å². The summed E-state index contributed by atoms with van der Waals surface area (Å²) in [5.41, 5.74) is 1.14. The lowest BCUT2D eigenvalue weighted by Crippen LogP contribution is -2.54. The number of barbiturate groups is 1. The van der Waals surface area contributed by atoms with Crippen LogP contribution < -0.4 is 19.7 Å². The lowest BCUT2D eigenvalue weighted by Gasteiger charge is -2.26. The molecule has 0 radical (unpaired) electrons. The normalized spacial score (nSPS) is 14.4. The summed E-state index contributed by atoms with van der Waals surface area (Å²) in [4.78, 5) is 39.1. The number of carbonyl (C=O) groups excluding carboxylic acids is 3. The Bertz CT molecular complexity index is 1410. The van der Waals surface area contributed by atoms with E-state index in [4.69, 9.17) is 39.1 Å². The fraction of sp³-hybridized carbons (Fsp3) is 0.0741. The van der Waals surface area contributed by atoms with Gasteiger partial charge in [0.2, 0.25) is 0 Å². The summed E-state index contributed by atoms with van der Waals surface area (Å²) in [5.74, 6) is 1.53. The molecule has 0 aromatic heterocycles. The van der Waals surface area contributed by atoms with Gasteiger partial charge in [-0.05, 0) is 54.6 Å². The van der Waals surface area contributed by atoms with Crippen LogP contribution in [0.15, 0.2) is 72.3 Å². The van der Waals surface area contributed by atoms with E-state index in [0.717, 1.165) is 10.5 Å². The summed E-state index contributed by atoms with van der Waals surface area (Å²) in [5, 5.41) is 3.12. The van der Waals surface area contributed by atoms with Crippen LogP contribution in [0.5, 0.6) is 11.5 Å². The molecule has 1 aliphatic rings. The van der Waals surface area contributed by atoms with Gasteiger partial charge in [0.25, 0.3) is 11.8 Å². The van der Waals surface area contributed by atoms with Crippen molar-refractivity contribution >= 4 is 52.8 Å². The van der Waals surface area contributed by atoms with E-state index in [1.165, 1.54) is 24.3 Å². The molecule has 3 aromatic rings. The largest absolute Gasteiger partial charge is 0.489 e. The van der Waals surface area contributed by atoms with E-state index < -0.39 is 17.8 Å². The molecule has 0 bridgehead atoms. The molecule has 0 spiro atoms. The zero-order valence-electron chi connectivity index (χ0n) is 18.7. The molecule has 3 aromatic carbocycles. The van der Waals surface area contributed by atoms with Crippen molar-refractivity contribution < 1.29 is 23.9 Å². The standard InChI is InChI=1S/C27H18Cl2N2O5/c1-2-13-35-24-12-7-19(28)14-18(24)15-22-25(32)30-27(34)31(26(22)33)20-8-10-21(11-9-20)36-16-17-5-3-4-6-23(17)29/h1,3-12,14-15H,13,16H2,(H,30,32,34)/b22-15+. The molecule has 0 saturated carbocycles. The van der Waals surface area contributed by atoms with Crippen molar-refractivity contribution in [1.82, 2.24) is 5.32 Å². The molecule has 1 N–H and O–H groups in total. The smallest absolute Gasteiger partial charge is 0.335 e. The Morgan fingerprint density at radius 3 is 2.44 bits per heavy atom. The Balaban J connectivity index is 1.57. The van der Waals surface area contributed by atoms with Crippen LogP contribution in [0.25, 0.3) is 6.08 Å². The van der Waals surface area contributed by atoms with Gasteiger partial charge < -0.3 is 9.47 Å². The first-order valence-corrected chi connectivity index (χ1v) is 11.4. The number of nitrogens with one attached hydrogen (secondary N) is 1. The van der Waals surface area contributed by atoms with Crippen molar-refractivity contribution in [1.29, 1.82) is 0 Å². The van der Waals surface area contributed by atoms with E-state index in [0.29, 0.717) is 27.1 Å². The van der Waals surface area contributed by atoms with E-state index in [2.05, 4.69) is 11.2 Å². The van der Waals surface area contributed by atoms with Gasteiger partial charge in [0.15, 0.2) is 0 Å². The Morgan fingerprint density at radius 1 is 0.972 bits per heavy atom. The number of ether oxygens (including phenoxy) is 2. The molecule has 1 heterocycles. The van der Waals surface area contributed by atoms with E-state index in [9.17, 15) is 14.4 Å². The Labute approximate surface area is 217 Å². The number of hydrogen-bond donors (Lipinski definition) is 1. The van der Waals surface area contributed by atoms with Crippen LogP contribution in [0.4, 0.5) is 10.5 Å². The maximum Gasteiger partial charge on any atom is 0.335 e. The van der Waals surface area contributed by atoms with E-state index in [1.807, 2.05) is 18.2 Å². The maximum atomic E-state index is 13.2. The molecular formula is C27H18Cl2N2O5. The minimum absolute atomic E-state index is 0.0204. The van der Waals surface area contributed by atoms with Crippen LogP contribution in [0.1, 0.15) is 11.1 Å². The minimum atomic E-state index is -0.873. The number of hydrogen-bond acceptors (Lipinski definition) is 5. The summed E-state index contributed by atoms with van der Waals surface area (Å²) in [6, 6.07) is 17.4. The number of carbonyl (C=O) groups is 3. The highest BCUT2D eigenvalue weighted by molar-refractivity contribution is 6.39. The van der Waals surface area contributed by atoms with Crippen LogP contribution in [-0.4, -0.2) is 24.5 Å². The molecule has 9 heteroatoms. The quantitative estimate of drug-likeness (QED) is 0.261. The van der Waals surface area contributed by atoms with Crippen LogP contribution in [0.2, 0.25) is 10.0 Å². The zero-order valence-corrected chi connectivity index (χ0v) is 20.2. The van der Waals surface area contributed by atoms with E-state index >= 15 is 0 Å². The summed E-state index contributed by atoms with van der Waals surface area (Å²) in [6.45, 7) is 0.223. The van der Waals surface area contributed by atoms with Crippen molar-refractivity contribution in [2.24, 2.45) is 0 Å². The van der Waals surface area contributed by atoms with Gasteiger partial charge in [-0.15, -0.1) is 6.42 Å². The Morgan fingerprint density at radius 2 is 1.72 bits per heavy atom. The third kappa shape index (κ3) is 5.52. The highest BCUT2D eigenvalue weighted by Crippen LogP contribution is 2.29. The second-order valence-electron chi connectivity index (χ2n) is 7.51. The number of benzene rings is 3. The highest BCUT2D eigenvalue weighted by Gasteiger charge is 2.37. The van der Waals surface area contributed by atoms with Crippen molar-refractivity contribution in [2.75, 3.05) is 11.5 Å². The number of imide groups is 2. The predicted molar refractivity (Wildman–Crippen MR) is 137 cm³/mol. The average Bonchev–Trinajstić information content (AvgIpc) is 2.86. The fourth-order valence-electron chi connectivity index (χ4n) is 3.40. The number of urea groups is 1. The summed E-state index contributed by atoms with van der Waals surface area (Å²) >= 11 is 12.2. The topological polar surface area (TPSA) is 84.9 Å². The van der Waals surface area contributed by atoms with Crippen molar-refractivity contribution in [2.45, 2.75) is 6.61 Å². The summed E-state index contributed by atoms with van der Waals surface area (Å²) in [6.07, 6.45) is 6.56. The number of halogens is 2. The monoisotopic (exact) mass is 520 g/mol. The number of anilines is 1. The molecule has 7 nitrogen and oxygen atoms in total. The Kier molecular flexibility index (Phi) is 7.59. The minimum Gasteiger partial charge on any atom is -0.489 e. The SMILES string of the molecule is C#CCOc1ccc(Cl)cc1/C=C1\C(=O)NC(=O)N(c2ccc(OCc3ccccc3Cl)cc2)C1=O. The molecule has 1 aliphatic heterocycles. The van der Waals surface area contributed by atoms with Gasteiger partial charge in [-0.3, -0.25) is 14.9 Å². The van der Waals surface area contributed by atoms with Crippen molar-refractivity contribution in [3.8, 4) is 23.8 Å². The third-order valence-corrected chi connectivity index (χ3v) is 5.74. The van der Waals surface area contributed by atoms with Gasteiger partial charge in [-0.1, -0.05) is 47.3 Å². The molecule has 1 saturated heterocycles. The van der Waals surface area contributed by atoms with Crippen LogP contribution in [0.3, 0.4) is 0 Å². The zero-order chi connectivity index (χ0) is 25.7. The van der Waals surface area contributed by atoms with Crippen LogP contribution in [-0.2, 0) is 16.2 Å².